The van der Waals surface area contributed by atoms with Crippen molar-refractivity contribution < 1.29 is 0 Å². The second-order valence-electron chi connectivity index (χ2n) is 2.02. The topological polar surface area (TPSA) is 12.0 Å². The molecule has 0 saturated carbocycles. The highest BCUT2D eigenvalue weighted by atomic mass is 127. The van der Waals surface area contributed by atoms with Crippen LogP contribution in [-0.4, -0.2) is 16.5 Å². The molecule has 50 valence electrons. The van der Waals surface area contributed by atoms with E-state index in [1.54, 1.807) is 0 Å². The lowest BCUT2D eigenvalue weighted by Gasteiger charge is -2.13. The molecule has 0 bridgehead atoms. The number of rotatable bonds is 3. The van der Waals surface area contributed by atoms with Crippen molar-refractivity contribution in [3.8, 4) is 0 Å². The third-order valence-electron chi connectivity index (χ3n) is 1.22. The predicted molar refractivity (Wildman–Crippen MR) is 46.6 cm³/mol. The number of hydrogen-bond acceptors (Lipinski definition) is 1. The largest absolute Gasteiger partial charge is 0.313 e. The Morgan fingerprint density at radius 3 is 2.12 bits per heavy atom. The SMILES string of the molecule is CCNC(C)[C@@H](C)I. The van der Waals surface area contributed by atoms with Crippen LogP contribution < -0.4 is 5.32 Å². The highest BCUT2D eigenvalue weighted by molar-refractivity contribution is 14.1. The van der Waals surface area contributed by atoms with Crippen LogP contribution >= 0.6 is 22.6 Å². The zero-order chi connectivity index (χ0) is 6.57. The molecule has 0 aliphatic rings. The Hall–Kier alpha value is 0.690. The predicted octanol–water partition coefficient (Wildman–Crippen LogP) is 1.81. The summed E-state index contributed by atoms with van der Waals surface area (Å²) in [7, 11) is 0. The first-order valence-corrected chi connectivity index (χ1v) is 4.30. The second kappa shape index (κ2) is 4.56. The monoisotopic (exact) mass is 227 g/mol. The molecule has 2 atom stereocenters. The van der Waals surface area contributed by atoms with Gasteiger partial charge in [-0.3, -0.25) is 0 Å². The fourth-order valence-electron chi connectivity index (χ4n) is 0.484. The number of nitrogens with one attached hydrogen (secondary N) is 1. The molecule has 2 heteroatoms. The lowest BCUT2D eigenvalue weighted by molar-refractivity contribution is 0.574. The van der Waals surface area contributed by atoms with Crippen molar-refractivity contribution in [2.75, 3.05) is 6.54 Å². The Morgan fingerprint density at radius 1 is 1.50 bits per heavy atom. The van der Waals surface area contributed by atoms with Gasteiger partial charge < -0.3 is 5.32 Å². The van der Waals surface area contributed by atoms with Gasteiger partial charge in [0.25, 0.3) is 0 Å². The van der Waals surface area contributed by atoms with E-state index in [1.807, 2.05) is 0 Å². The van der Waals surface area contributed by atoms with Crippen LogP contribution in [0.2, 0.25) is 0 Å². The summed E-state index contributed by atoms with van der Waals surface area (Å²) >= 11 is 2.43. The van der Waals surface area contributed by atoms with Crippen molar-refractivity contribution >= 4 is 22.6 Å². The first kappa shape index (κ1) is 8.69. The molecule has 1 nitrogen and oxygen atoms in total. The van der Waals surface area contributed by atoms with Gasteiger partial charge in [0.15, 0.2) is 0 Å². The quantitative estimate of drug-likeness (QED) is 0.572. The summed E-state index contributed by atoms with van der Waals surface area (Å²) < 4.78 is 0.729. The average molecular weight is 227 g/mol. The molecular formula is C6H14IN. The Kier molecular flexibility index (Phi) is 4.95. The van der Waals surface area contributed by atoms with Gasteiger partial charge in [0.05, 0.1) is 0 Å². The molecule has 0 spiro atoms. The van der Waals surface area contributed by atoms with Crippen molar-refractivity contribution in [2.45, 2.75) is 30.7 Å². The van der Waals surface area contributed by atoms with E-state index in [-0.39, 0.29) is 0 Å². The lowest BCUT2D eigenvalue weighted by Crippen LogP contribution is -2.31. The number of halogens is 1. The highest BCUT2D eigenvalue weighted by Crippen LogP contribution is 2.03. The van der Waals surface area contributed by atoms with Crippen LogP contribution in [0.3, 0.4) is 0 Å². The van der Waals surface area contributed by atoms with Crippen molar-refractivity contribution in [1.82, 2.24) is 5.32 Å². The van der Waals surface area contributed by atoms with Gasteiger partial charge in [-0.05, 0) is 13.5 Å². The van der Waals surface area contributed by atoms with Crippen molar-refractivity contribution in [1.29, 1.82) is 0 Å². The summed E-state index contributed by atoms with van der Waals surface area (Å²) in [6.07, 6.45) is 0. The molecule has 0 radical (unpaired) electrons. The van der Waals surface area contributed by atoms with E-state index in [2.05, 4.69) is 48.7 Å². The lowest BCUT2D eigenvalue weighted by atomic mass is 10.3. The zero-order valence-corrected chi connectivity index (χ0v) is 7.90. The van der Waals surface area contributed by atoms with Crippen LogP contribution in [0.25, 0.3) is 0 Å². The average Bonchev–Trinajstić information content (AvgIpc) is 1.67. The first-order valence-electron chi connectivity index (χ1n) is 3.06. The van der Waals surface area contributed by atoms with Crippen LogP contribution in [0.5, 0.6) is 0 Å². The molecule has 1 unspecified atom stereocenters. The molecule has 0 amide bonds. The summed E-state index contributed by atoms with van der Waals surface area (Å²) in [5.74, 6) is 0. The summed E-state index contributed by atoms with van der Waals surface area (Å²) in [6.45, 7) is 7.64. The van der Waals surface area contributed by atoms with Crippen molar-refractivity contribution in [2.24, 2.45) is 0 Å². The maximum Gasteiger partial charge on any atom is 0.0232 e. The highest BCUT2D eigenvalue weighted by Gasteiger charge is 2.03. The van der Waals surface area contributed by atoms with Crippen LogP contribution in [0, 0.1) is 0 Å². The van der Waals surface area contributed by atoms with Gasteiger partial charge in [0, 0.05) is 9.97 Å². The fourth-order valence-corrected chi connectivity index (χ4v) is 0.739. The van der Waals surface area contributed by atoms with Gasteiger partial charge in [-0.1, -0.05) is 36.4 Å². The molecule has 0 heterocycles. The summed E-state index contributed by atoms with van der Waals surface area (Å²) in [5.41, 5.74) is 0. The fraction of sp³-hybridized carbons (Fsp3) is 1.00. The number of hydrogen-bond donors (Lipinski definition) is 1. The minimum absolute atomic E-state index is 0.653. The van der Waals surface area contributed by atoms with Gasteiger partial charge >= 0.3 is 0 Å². The van der Waals surface area contributed by atoms with Crippen LogP contribution in [0.1, 0.15) is 20.8 Å². The van der Waals surface area contributed by atoms with E-state index in [4.69, 9.17) is 0 Å². The van der Waals surface area contributed by atoms with Crippen molar-refractivity contribution in [3.05, 3.63) is 0 Å². The zero-order valence-electron chi connectivity index (χ0n) is 5.74. The van der Waals surface area contributed by atoms with E-state index in [9.17, 15) is 0 Å². The van der Waals surface area contributed by atoms with Crippen LogP contribution in [0.4, 0.5) is 0 Å². The Bertz CT molecular complexity index is 54.5. The van der Waals surface area contributed by atoms with Gasteiger partial charge in [-0.2, -0.15) is 0 Å². The Balaban J connectivity index is 3.17. The van der Waals surface area contributed by atoms with Gasteiger partial charge in [0.2, 0.25) is 0 Å². The van der Waals surface area contributed by atoms with E-state index in [0.717, 1.165) is 10.5 Å². The maximum atomic E-state index is 3.34. The molecule has 8 heavy (non-hydrogen) atoms. The van der Waals surface area contributed by atoms with Gasteiger partial charge in [-0.25, -0.2) is 0 Å². The van der Waals surface area contributed by atoms with Gasteiger partial charge in [-0.15, -0.1) is 0 Å². The second-order valence-corrected chi connectivity index (χ2v) is 3.99. The molecule has 0 rings (SSSR count). The van der Waals surface area contributed by atoms with Crippen LogP contribution in [-0.2, 0) is 0 Å². The van der Waals surface area contributed by atoms with E-state index in [0.29, 0.717) is 6.04 Å². The standard InChI is InChI=1S/C6H14IN/c1-4-8-6(3)5(2)7/h5-6,8H,4H2,1-3H3/t5-,6?/m1/s1. The normalized spacial score (nSPS) is 18.0. The Morgan fingerprint density at radius 2 is 2.00 bits per heavy atom. The molecule has 0 fully saturated rings. The smallest absolute Gasteiger partial charge is 0.0232 e. The molecule has 0 aliphatic carbocycles. The van der Waals surface area contributed by atoms with Crippen LogP contribution in [0.15, 0.2) is 0 Å². The molecular weight excluding hydrogens is 213 g/mol. The third kappa shape index (κ3) is 3.66. The molecule has 0 saturated heterocycles. The van der Waals surface area contributed by atoms with E-state index >= 15 is 0 Å². The minimum atomic E-state index is 0.653. The summed E-state index contributed by atoms with van der Waals surface area (Å²) in [6, 6.07) is 0.653. The molecule has 0 aliphatic heterocycles. The maximum absolute atomic E-state index is 3.34. The molecule has 0 aromatic heterocycles. The molecule has 1 N–H and O–H groups in total. The summed E-state index contributed by atoms with van der Waals surface area (Å²) in [4.78, 5) is 0. The number of alkyl halides is 1. The van der Waals surface area contributed by atoms with E-state index < -0.39 is 0 Å². The first-order chi connectivity index (χ1) is 3.68. The Labute approximate surface area is 65.4 Å². The van der Waals surface area contributed by atoms with Gasteiger partial charge in [0.1, 0.15) is 0 Å². The molecule has 0 aromatic carbocycles. The van der Waals surface area contributed by atoms with Crippen molar-refractivity contribution in [3.63, 3.8) is 0 Å². The molecule has 0 aromatic rings. The van der Waals surface area contributed by atoms with E-state index in [1.165, 1.54) is 0 Å². The summed E-state index contributed by atoms with van der Waals surface area (Å²) in [5, 5.41) is 3.34. The minimum Gasteiger partial charge on any atom is -0.313 e. The third-order valence-corrected chi connectivity index (χ3v) is 2.29.